The van der Waals surface area contributed by atoms with Crippen LogP contribution >= 0.6 is 0 Å². The molecule has 0 rings (SSSR count). The zero-order chi connectivity index (χ0) is 27.7. The molecule has 0 saturated heterocycles. The number of carboxylic acids is 8. The van der Waals surface area contributed by atoms with Gasteiger partial charge in [-0.25, -0.2) is 0 Å². The molecule has 0 radical (unpaired) electrons. The third-order valence-corrected chi connectivity index (χ3v) is 2.69. The van der Waals surface area contributed by atoms with Crippen molar-refractivity contribution < 1.29 is 79.2 Å². The van der Waals surface area contributed by atoms with Crippen LogP contribution < -0.4 is 0 Å². The Kier molecular flexibility index (Phi) is 27.3. The second-order valence-electron chi connectivity index (χ2n) is 5.86. The molecule has 0 bridgehead atoms. The minimum atomic E-state index is -1.08. The van der Waals surface area contributed by atoms with Crippen molar-refractivity contribution in [1.29, 1.82) is 0 Å². The van der Waals surface area contributed by atoms with Crippen LogP contribution in [0.1, 0.15) is 64.2 Å². The van der Waals surface area contributed by atoms with Crippen molar-refractivity contribution in [3.05, 3.63) is 0 Å². The Bertz CT molecular complexity index is 557. The molecule has 0 fully saturated rings. The number of rotatable bonds is 14. The molecule has 0 aromatic rings. The van der Waals surface area contributed by atoms with Crippen LogP contribution in [0.25, 0.3) is 0 Å². The predicted octanol–water partition coefficient (Wildman–Crippen LogP) is 0.523. The van der Waals surface area contributed by atoms with Gasteiger partial charge in [0.1, 0.15) is 0 Å². The second kappa shape index (κ2) is 25.0. The Labute approximate surface area is 192 Å². The molecule has 0 heterocycles. The van der Waals surface area contributed by atoms with Crippen LogP contribution in [0.5, 0.6) is 0 Å². The summed E-state index contributed by atoms with van der Waals surface area (Å²) in [7, 11) is 0. The van der Waals surface area contributed by atoms with Gasteiger partial charge in [-0.1, -0.05) is 0 Å². The molecule has 0 aromatic carbocycles. The molecule has 0 atom stereocenters. The average Bonchev–Trinajstić information content (AvgIpc) is 2.68. The van der Waals surface area contributed by atoms with Crippen molar-refractivity contribution in [2.75, 3.05) is 0 Å². The summed E-state index contributed by atoms with van der Waals surface area (Å²) in [6, 6.07) is 0. The number of aliphatic carboxylic acids is 8. The number of unbranched alkanes of at least 4 members (excludes halogenated alkanes) is 1. The Morgan fingerprint density at radius 3 is 0.471 bits per heavy atom. The number of carbonyl (C=O) groups is 8. The van der Waals surface area contributed by atoms with E-state index in [-0.39, 0.29) is 51.4 Å². The monoisotopic (exact) mass is 500 g/mol. The van der Waals surface area contributed by atoms with Crippen LogP contribution in [0.4, 0.5) is 0 Å². The fourth-order valence-corrected chi connectivity index (χ4v) is 1.19. The second-order valence-corrected chi connectivity index (χ2v) is 5.86. The van der Waals surface area contributed by atoms with Crippen LogP contribution in [-0.2, 0) is 38.4 Å². The summed E-state index contributed by atoms with van der Waals surface area (Å²) in [5.41, 5.74) is 0. The van der Waals surface area contributed by atoms with Crippen LogP contribution in [-0.4, -0.2) is 88.6 Å². The van der Waals surface area contributed by atoms with Gasteiger partial charge in [0, 0.05) is 12.8 Å². The van der Waals surface area contributed by atoms with Gasteiger partial charge < -0.3 is 40.9 Å². The fourth-order valence-electron chi connectivity index (χ4n) is 1.19. The molecular weight excluding hydrogens is 472 g/mol. The molecule has 0 spiro atoms. The first-order valence-corrected chi connectivity index (χ1v) is 9.25. The minimum absolute atomic E-state index is 0.0628. The van der Waals surface area contributed by atoms with Gasteiger partial charge in [-0.2, -0.15) is 0 Å². The average molecular weight is 500 g/mol. The maximum atomic E-state index is 9.90. The molecule has 8 N–H and O–H groups in total. The Balaban J connectivity index is -0.000000177. The lowest BCUT2D eigenvalue weighted by Gasteiger charge is -1.92. The minimum Gasteiger partial charge on any atom is -0.481 e. The van der Waals surface area contributed by atoms with Crippen molar-refractivity contribution in [3.8, 4) is 0 Å². The molecule has 0 aliphatic rings. The molecule has 34 heavy (non-hydrogen) atoms. The molecule has 0 aliphatic heterocycles. The maximum absolute atomic E-state index is 9.90. The summed E-state index contributed by atoms with van der Waals surface area (Å²) >= 11 is 0. The van der Waals surface area contributed by atoms with Crippen molar-refractivity contribution >= 4 is 47.8 Å². The van der Waals surface area contributed by atoms with E-state index in [1.807, 2.05) is 0 Å². The highest BCUT2D eigenvalue weighted by Crippen LogP contribution is 1.98. The largest absolute Gasteiger partial charge is 0.481 e. The first-order valence-electron chi connectivity index (χ1n) is 9.25. The molecule has 0 saturated carbocycles. The first kappa shape index (κ1) is 37.1. The maximum Gasteiger partial charge on any atom is 0.303 e. The zero-order valence-electron chi connectivity index (χ0n) is 17.9. The van der Waals surface area contributed by atoms with E-state index in [1.54, 1.807) is 0 Å². The first-order chi connectivity index (χ1) is 15.5. The van der Waals surface area contributed by atoms with E-state index in [2.05, 4.69) is 0 Å². The lowest BCUT2D eigenvalue weighted by molar-refractivity contribution is -0.143. The van der Waals surface area contributed by atoms with Crippen LogP contribution in [0.2, 0.25) is 0 Å². The van der Waals surface area contributed by atoms with Crippen LogP contribution in [0.15, 0.2) is 0 Å². The Morgan fingerprint density at radius 2 is 0.382 bits per heavy atom. The SMILES string of the molecule is O=C(O)CCC(=O)O.O=C(O)CCC(=O)O.O=C(O)CCC(=O)O.O=C(O)CCCCC(=O)O. The van der Waals surface area contributed by atoms with Gasteiger partial charge in [0.05, 0.1) is 38.5 Å². The van der Waals surface area contributed by atoms with Crippen LogP contribution in [0, 0.1) is 0 Å². The summed E-state index contributed by atoms with van der Waals surface area (Å²) in [4.78, 5) is 77.6. The van der Waals surface area contributed by atoms with Gasteiger partial charge in [0.15, 0.2) is 0 Å². The van der Waals surface area contributed by atoms with Gasteiger partial charge >= 0.3 is 47.8 Å². The highest BCUT2D eigenvalue weighted by atomic mass is 16.4. The summed E-state index contributed by atoms with van der Waals surface area (Å²) in [5, 5.41) is 63.7. The van der Waals surface area contributed by atoms with Crippen molar-refractivity contribution in [3.63, 3.8) is 0 Å². The van der Waals surface area contributed by atoms with Gasteiger partial charge in [0.2, 0.25) is 0 Å². The van der Waals surface area contributed by atoms with Gasteiger partial charge in [-0.05, 0) is 12.8 Å². The van der Waals surface area contributed by atoms with E-state index in [4.69, 9.17) is 40.9 Å². The van der Waals surface area contributed by atoms with E-state index in [0.717, 1.165) is 0 Å². The van der Waals surface area contributed by atoms with E-state index < -0.39 is 47.8 Å². The molecule has 16 heteroatoms. The van der Waals surface area contributed by atoms with Crippen LogP contribution in [0.3, 0.4) is 0 Å². The summed E-state index contributed by atoms with van der Waals surface area (Å²) in [5.74, 6) is -8.20. The third-order valence-electron chi connectivity index (χ3n) is 2.69. The standard InChI is InChI=1S/C6H10O4.3C4H6O4/c7-5(8)3-1-2-4-6(9)10;3*5-3(6)1-2-4(7)8/h1-4H2,(H,7,8)(H,9,10);3*1-2H2,(H,5,6)(H,7,8). The molecule has 0 aliphatic carbocycles. The summed E-state index contributed by atoms with van der Waals surface area (Å²) in [6.07, 6.45) is -0.760. The number of carboxylic acid groups (broad SMARTS) is 8. The van der Waals surface area contributed by atoms with Crippen molar-refractivity contribution in [2.24, 2.45) is 0 Å². The summed E-state index contributed by atoms with van der Waals surface area (Å²) < 4.78 is 0. The Hall–Kier alpha value is -4.24. The number of hydrogen-bond donors (Lipinski definition) is 8. The highest BCUT2D eigenvalue weighted by Gasteiger charge is 2.02. The van der Waals surface area contributed by atoms with Crippen molar-refractivity contribution in [1.82, 2.24) is 0 Å². The van der Waals surface area contributed by atoms with Gasteiger partial charge in [-0.15, -0.1) is 0 Å². The smallest absolute Gasteiger partial charge is 0.303 e. The van der Waals surface area contributed by atoms with Gasteiger partial charge in [0.25, 0.3) is 0 Å². The topological polar surface area (TPSA) is 298 Å². The Morgan fingerprint density at radius 1 is 0.265 bits per heavy atom. The van der Waals surface area contributed by atoms with E-state index in [0.29, 0.717) is 12.8 Å². The third kappa shape index (κ3) is 63.0. The zero-order valence-corrected chi connectivity index (χ0v) is 17.9. The lowest BCUT2D eigenvalue weighted by atomic mass is 10.2. The molecule has 196 valence electrons. The molecule has 16 nitrogen and oxygen atoms in total. The van der Waals surface area contributed by atoms with Gasteiger partial charge in [-0.3, -0.25) is 38.4 Å². The highest BCUT2D eigenvalue weighted by molar-refractivity contribution is 5.76. The normalized spacial score (nSPS) is 8.71. The van der Waals surface area contributed by atoms with E-state index in [1.165, 1.54) is 0 Å². The quantitative estimate of drug-likeness (QED) is 0.151. The predicted molar refractivity (Wildman–Crippen MR) is 107 cm³/mol. The summed E-state index contributed by atoms with van der Waals surface area (Å²) in [6.45, 7) is 0. The molecular formula is C18H28O16. The number of hydrogen-bond acceptors (Lipinski definition) is 8. The van der Waals surface area contributed by atoms with Crippen molar-refractivity contribution in [2.45, 2.75) is 64.2 Å². The van der Waals surface area contributed by atoms with E-state index in [9.17, 15) is 38.4 Å². The molecule has 0 unspecified atom stereocenters. The van der Waals surface area contributed by atoms with E-state index >= 15 is 0 Å². The lowest BCUT2D eigenvalue weighted by Crippen LogP contribution is -2.00. The fraction of sp³-hybridized carbons (Fsp3) is 0.556. The molecule has 0 amide bonds. The molecule has 0 aromatic heterocycles.